The van der Waals surface area contributed by atoms with E-state index in [-0.39, 0.29) is 13.2 Å². The zero-order chi connectivity index (χ0) is 25.2. The molecular formula is C25H22Cl2N4O4. The monoisotopic (exact) mass is 512 g/mol. The number of carbonyl (C=O) groups excluding carboxylic acids is 3. The van der Waals surface area contributed by atoms with Crippen LogP contribution in [0.3, 0.4) is 0 Å². The first-order valence-corrected chi connectivity index (χ1v) is 11.2. The number of aryl methyl sites for hydroxylation is 1. The minimum Gasteiger partial charge on any atom is -0.483 e. The van der Waals surface area contributed by atoms with Gasteiger partial charge < -0.3 is 15.4 Å². The average Bonchev–Trinajstić information content (AvgIpc) is 2.85. The molecule has 0 atom stereocenters. The molecule has 0 aliphatic heterocycles. The fraction of sp³-hybridized carbons (Fsp3) is 0.120. The van der Waals surface area contributed by atoms with Crippen molar-refractivity contribution in [3.05, 3.63) is 93.5 Å². The van der Waals surface area contributed by atoms with Crippen molar-refractivity contribution >= 4 is 52.8 Å². The molecule has 10 heteroatoms. The Labute approximate surface area is 212 Å². The Kier molecular flexibility index (Phi) is 9.23. The predicted molar refractivity (Wildman–Crippen MR) is 136 cm³/mol. The van der Waals surface area contributed by atoms with Gasteiger partial charge in [-0.15, -0.1) is 0 Å². The van der Waals surface area contributed by atoms with Gasteiger partial charge in [-0.1, -0.05) is 65.2 Å². The van der Waals surface area contributed by atoms with Crippen LogP contribution in [0.4, 0.5) is 5.69 Å². The number of ether oxygens (including phenoxy) is 1. The highest BCUT2D eigenvalue weighted by atomic mass is 35.5. The number of hydrogen-bond donors (Lipinski definition) is 3. The third-order valence-electron chi connectivity index (χ3n) is 4.63. The standard InChI is InChI=1S/C25H22Cl2N4O4/c1-16-6-8-17(9-7-16)13-28-24(33)25(34)31-29-14-18-4-2-3-5-22(18)35-15-23(32)30-19-10-11-20(26)21(27)12-19/h2-12,14H,13,15H2,1H3,(H,28,33)(H,30,32)(H,31,34)/b29-14-. The second-order valence-electron chi connectivity index (χ2n) is 7.37. The molecule has 3 aromatic carbocycles. The van der Waals surface area contributed by atoms with Crippen molar-refractivity contribution < 1.29 is 19.1 Å². The summed E-state index contributed by atoms with van der Waals surface area (Å²) in [5, 5.41) is 9.69. The lowest BCUT2D eigenvalue weighted by Crippen LogP contribution is -2.37. The van der Waals surface area contributed by atoms with Gasteiger partial charge in [0.25, 0.3) is 5.91 Å². The summed E-state index contributed by atoms with van der Waals surface area (Å²) in [6, 6.07) is 19.1. The first kappa shape index (κ1) is 25.7. The second kappa shape index (κ2) is 12.5. The van der Waals surface area contributed by atoms with Crippen molar-refractivity contribution in [3.63, 3.8) is 0 Å². The Morgan fingerprint density at radius 1 is 0.943 bits per heavy atom. The number of hydrazone groups is 1. The summed E-state index contributed by atoms with van der Waals surface area (Å²) in [6.07, 6.45) is 1.32. The smallest absolute Gasteiger partial charge is 0.329 e. The summed E-state index contributed by atoms with van der Waals surface area (Å²) in [7, 11) is 0. The molecular weight excluding hydrogens is 491 g/mol. The van der Waals surface area contributed by atoms with Gasteiger partial charge in [-0.2, -0.15) is 5.10 Å². The summed E-state index contributed by atoms with van der Waals surface area (Å²) in [6.45, 7) is 1.90. The Bertz CT molecular complexity index is 1250. The summed E-state index contributed by atoms with van der Waals surface area (Å²) in [5.41, 5.74) is 5.12. The number of para-hydroxylation sites is 1. The van der Waals surface area contributed by atoms with E-state index in [1.165, 1.54) is 12.3 Å². The van der Waals surface area contributed by atoms with Crippen LogP contribution in [0.15, 0.2) is 71.8 Å². The van der Waals surface area contributed by atoms with Crippen LogP contribution in [0.5, 0.6) is 5.75 Å². The van der Waals surface area contributed by atoms with Gasteiger partial charge in [0.05, 0.1) is 16.3 Å². The molecule has 8 nitrogen and oxygen atoms in total. The molecule has 0 aliphatic carbocycles. The molecule has 0 unspecified atom stereocenters. The molecule has 3 N–H and O–H groups in total. The SMILES string of the molecule is Cc1ccc(CNC(=O)C(=O)N/N=C\c2ccccc2OCC(=O)Nc2ccc(Cl)c(Cl)c2)cc1. The van der Waals surface area contributed by atoms with Crippen molar-refractivity contribution in [2.45, 2.75) is 13.5 Å². The molecule has 180 valence electrons. The Morgan fingerprint density at radius 3 is 2.43 bits per heavy atom. The van der Waals surface area contributed by atoms with Crippen LogP contribution in [-0.2, 0) is 20.9 Å². The quantitative estimate of drug-likeness (QED) is 0.240. The molecule has 3 amide bonds. The first-order valence-electron chi connectivity index (χ1n) is 10.5. The summed E-state index contributed by atoms with van der Waals surface area (Å²) in [5.74, 6) is -1.77. The largest absolute Gasteiger partial charge is 0.483 e. The lowest BCUT2D eigenvalue weighted by atomic mass is 10.1. The van der Waals surface area contributed by atoms with E-state index in [4.69, 9.17) is 27.9 Å². The van der Waals surface area contributed by atoms with E-state index in [1.807, 2.05) is 31.2 Å². The first-order chi connectivity index (χ1) is 16.8. The zero-order valence-corrected chi connectivity index (χ0v) is 20.2. The van der Waals surface area contributed by atoms with E-state index in [0.29, 0.717) is 27.0 Å². The van der Waals surface area contributed by atoms with Crippen LogP contribution in [0.1, 0.15) is 16.7 Å². The summed E-state index contributed by atoms with van der Waals surface area (Å²) >= 11 is 11.8. The number of benzene rings is 3. The summed E-state index contributed by atoms with van der Waals surface area (Å²) in [4.78, 5) is 36.2. The molecule has 35 heavy (non-hydrogen) atoms. The lowest BCUT2D eigenvalue weighted by molar-refractivity contribution is -0.139. The van der Waals surface area contributed by atoms with Gasteiger partial charge in [0.2, 0.25) is 0 Å². The Morgan fingerprint density at radius 2 is 1.69 bits per heavy atom. The van der Waals surface area contributed by atoms with Crippen molar-refractivity contribution in [2.24, 2.45) is 5.10 Å². The molecule has 0 saturated heterocycles. The molecule has 0 bridgehead atoms. The van der Waals surface area contributed by atoms with E-state index in [0.717, 1.165) is 11.1 Å². The van der Waals surface area contributed by atoms with Crippen LogP contribution < -0.4 is 20.8 Å². The summed E-state index contributed by atoms with van der Waals surface area (Å²) < 4.78 is 5.57. The van der Waals surface area contributed by atoms with Gasteiger partial charge in [0.1, 0.15) is 5.75 Å². The molecule has 0 aliphatic rings. The molecule has 3 aromatic rings. The number of hydrogen-bond acceptors (Lipinski definition) is 5. The highest BCUT2D eigenvalue weighted by Gasteiger charge is 2.12. The van der Waals surface area contributed by atoms with Gasteiger partial charge in [0.15, 0.2) is 6.61 Å². The predicted octanol–water partition coefficient (Wildman–Crippen LogP) is 4.09. The van der Waals surface area contributed by atoms with Gasteiger partial charge >= 0.3 is 11.8 Å². The van der Waals surface area contributed by atoms with E-state index < -0.39 is 17.7 Å². The van der Waals surface area contributed by atoms with Crippen LogP contribution in [0, 0.1) is 6.92 Å². The Hall–Kier alpha value is -3.88. The maximum absolute atomic E-state index is 12.2. The van der Waals surface area contributed by atoms with Crippen molar-refractivity contribution in [1.29, 1.82) is 0 Å². The van der Waals surface area contributed by atoms with Gasteiger partial charge in [-0.05, 0) is 42.8 Å². The van der Waals surface area contributed by atoms with Gasteiger partial charge in [-0.25, -0.2) is 5.43 Å². The third kappa shape index (κ3) is 8.13. The topological polar surface area (TPSA) is 109 Å². The van der Waals surface area contributed by atoms with E-state index in [2.05, 4.69) is 21.2 Å². The second-order valence-corrected chi connectivity index (χ2v) is 8.19. The molecule has 0 spiro atoms. The average molecular weight is 513 g/mol. The number of nitrogens with one attached hydrogen (secondary N) is 3. The van der Waals surface area contributed by atoms with E-state index in [9.17, 15) is 14.4 Å². The van der Waals surface area contributed by atoms with Crippen molar-refractivity contribution in [2.75, 3.05) is 11.9 Å². The maximum atomic E-state index is 12.2. The maximum Gasteiger partial charge on any atom is 0.329 e. The highest BCUT2D eigenvalue weighted by molar-refractivity contribution is 6.42. The van der Waals surface area contributed by atoms with Crippen LogP contribution in [0.2, 0.25) is 10.0 Å². The van der Waals surface area contributed by atoms with Crippen LogP contribution in [0.25, 0.3) is 0 Å². The number of halogens is 2. The fourth-order valence-corrected chi connectivity index (χ4v) is 3.11. The molecule has 0 heterocycles. The molecule has 0 fully saturated rings. The lowest BCUT2D eigenvalue weighted by Gasteiger charge is -2.10. The molecule has 0 saturated carbocycles. The van der Waals surface area contributed by atoms with Crippen molar-refractivity contribution in [1.82, 2.24) is 10.7 Å². The highest BCUT2D eigenvalue weighted by Crippen LogP contribution is 2.25. The number of carbonyl (C=O) groups is 3. The molecule has 3 rings (SSSR count). The van der Waals surface area contributed by atoms with Crippen LogP contribution >= 0.6 is 23.2 Å². The number of amides is 3. The van der Waals surface area contributed by atoms with E-state index in [1.54, 1.807) is 36.4 Å². The zero-order valence-electron chi connectivity index (χ0n) is 18.7. The number of anilines is 1. The molecule has 0 radical (unpaired) electrons. The van der Waals surface area contributed by atoms with Crippen molar-refractivity contribution in [3.8, 4) is 5.75 Å². The van der Waals surface area contributed by atoms with E-state index >= 15 is 0 Å². The number of nitrogens with zero attached hydrogens (tertiary/aromatic N) is 1. The normalized spacial score (nSPS) is 10.6. The Balaban J connectivity index is 1.49. The van der Waals surface area contributed by atoms with Gasteiger partial charge in [-0.3, -0.25) is 14.4 Å². The minimum atomic E-state index is -0.909. The van der Waals surface area contributed by atoms with Crippen LogP contribution in [-0.4, -0.2) is 30.5 Å². The number of rotatable bonds is 8. The molecule has 0 aromatic heterocycles. The third-order valence-corrected chi connectivity index (χ3v) is 5.37. The fourth-order valence-electron chi connectivity index (χ4n) is 2.81. The minimum absolute atomic E-state index is 0.219. The van der Waals surface area contributed by atoms with Gasteiger partial charge in [0, 0.05) is 17.8 Å².